The Hall–Kier alpha value is -1.03. The molecule has 0 saturated heterocycles. The van der Waals surface area contributed by atoms with Crippen LogP contribution in [-0.4, -0.2) is 91.9 Å². The molecule has 0 fully saturated rings. The highest BCUT2D eigenvalue weighted by molar-refractivity contribution is 5.81. The van der Waals surface area contributed by atoms with Crippen LogP contribution in [0.2, 0.25) is 0 Å². The molecule has 0 spiro atoms. The summed E-state index contributed by atoms with van der Waals surface area (Å²) in [4.78, 5) is 10.8. The summed E-state index contributed by atoms with van der Waals surface area (Å²) in [6.07, 6.45) is 6.02. The summed E-state index contributed by atoms with van der Waals surface area (Å²) < 4.78 is 37.1. The Bertz CT molecular complexity index is 352. The van der Waals surface area contributed by atoms with Crippen LogP contribution >= 0.6 is 0 Å². The molecule has 0 saturated carbocycles. The minimum Gasteiger partial charge on any atom is -0.460 e. The van der Waals surface area contributed by atoms with Crippen LogP contribution in [0.5, 0.6) is 0 Å². The van der Waals surface area contributed by atoms with Gasteiger partial charge in [0.15, 0.2) is 0 Å². The molecule has 0 bridgehead atoms. The first-order valence-corrected chi connectivity index (χ1v) is 10.6. The van der Waals surface area contributed by atoms with Crippen molar-refractivity contribution in [1.82, 2.24) is 0 Å². The van der Waals surface area contributed by atoms with Crippen LogP contribution in [0, 0.1) is 0 Å². The number of carbonyl (C=O) groups excluding carboxylic acids is 1. The molecule has 0 aromatic carbocycles. The van der Waals surface area contributed by atoms with Gasteiger partial charge in [0.05, 0.1) is 72.7 Å². The molecule has 0 radical (unpaired) electrons. The average molecular weight is 421 g/mol. The number of rotatable bonds is 24. The highest BCUT2D eigenvalue weighted by atomic mass is 16.6. The van der Waals surface area contributed by atoms with Crippen LogP contribution in [-0.2, 0) is 38.0 Å². The molecule has 0 aromatic heterocycles. The number of unbranched alkanes of at least 4 members (excludes halogenated alkanes) is 3. The molecule has 0 aliphatic carbocycles. The second kappa shape index (κ2) is 25.0. The van der Waals surface area contributed by atoms with Crippen LogP contribution < -0.4 is 0 Å². The lowest BCUT2D eigenvalue weighted by atomic mass is 10.2. The molecule has 0 aliphatic heterocycles. The standard InChI is InChI=1S/C21H40O8/c1-3-5-6-7-8-23-9-10-24-11-12-25-13-14-26-15-16-27-17-18-28-19-20-29-21(22)4-2/h4H,2-3,5-20H2,1H3. The molecule has 0 N–H and O–H groups in total. The summed E-state index contributed by atoms with van der Waals surface area (Å²) in [5.41, 5.74) is 0. The van der Waals surface area contributed by atoms with Gasteiger partial charge in [-0.05, 0) is 6.42 Å². The smallest absolute Gasteiger partial charge is 0.330 e. The van der Waals surface area contributed by atoms with Gasteiger partial charge in [0.25, 0.3) is 0 Å². The summed E-state index contributed by atoms with van der Waals surface area (Å²) in [6.45, 7) is 12.2. The lowest BCUT2D eigenvalue weighted by Gasteiger charge is -2.08. The third-order valence-corrected chi connectivity index (χ3v) is 3.64. The zero-order valence-electron chi connectivity index (χ0n) is 18.1. The van der Waals surface area contributed by atoms with Gasteiger partial charge in [0.1, 0.15) is 6.61 Å². The topological polar surface area (TPSA) is 81.7 Å². The van der Waals surface area contributed by atoms with E-state index in [1.54, 1.807) is 0 Å². The maximum Gasteiger partial charge on any atom is 0.330 e. The van der Waals surface area contributed by atoms with Crippen molar-refractivity contribution >= 4 is 5.97 Å². The molecule has 0 unspecified atom stereocenters. The van der Waals surface area contributed by atoms with E-state index in [0.29, 0.717) is 72.7 Å². The first-order chi connectivity index (χ1) is 14.3. The van der Waals surface area contributed by atoms with Crippen LogP contribution in [0.1, 0.15) is 32.6 Å². The Morgan fingerprint density at radius 3 is 1.34 bits per heavy atom. The van der Waals surface area contributed by atoms with Crippen molar-refractivity contribution in [2.45, 2.75) is 32.6 Å². The molecular weight excluding hydrogens is 380 g/mol. The maximum absolute atomic E-state index is 10.8. The fraction of sp³-hybridized carbons (Fsp3) is 0.857. The lowest BCUT2D eigenvalue weighted by Crippen LogP contribution is -2.15. The van der Waals surface area contributed by atoms with E-state index < -0.39 is 5.97 Å². The molecule has 29 heavy (non-hydrogen) atoms. The summed E-state index contributed by atoms with van der Waals surface area (Å²) in [6, 6.07) is 0. The molecular formula is C21H40O8. The van der Waals surface area contributed by atoms with E-state index in [9.17, 15) is 4.79 Å². The van der Waals surface area contributed by atoms with E-state index in [1.165, 1.54) is 19.3 Å². The third kappa shape index (κ3) is 24.9. The summed E-state index contributed by atoms with van der Waals surface area (Å²) >= 11 is 0. The van der Waals surface area contributed by atoms with Gasteiger partial charge in [-0.25, -0.2) is 4.79 Å². The van der Waals surface area contributed by atoms with Crippen LogP contribution in [0.25, 0.3) is 0 Å². The van der Waals surface area contributed by atoms with Crippen LogP contribution in [0.15, 0.2) is 12.7 Å². The Morgan fingerprint density at radius 2 is 0.966 bits per heavy atom. The molecule has 0 amide bonds. The monoisotopic (exact) mass is 420 g/mol. The predicted octanol–water partition coefficient (Wildman–Crippen LogP) is 2.40. The van der Waals surface area contributed by atoms with Crippen molar-refractivity contribution in [2.75, 3.05) is 85.9 Å². The zero-order chi connectivity index (χ0) is 21.3. The van der Waals surface area contributed by atoms with Crippen LogP contribution in [0.3, 0.4) is 0 Å². The Balaban J connectivity index is 3.01. The predicted molar refractivity (Wildman–Crippen MR) is 110 cm³/mol. The Morgan fingerprint density at radius 1 is 0.586 bits per heavy atom. The van der Waals surface area contributed by atoms with Gasteiger partial charge in [0, 0.05) is 12.7 Å². The van der Waals surface area contributed by atoms with E-state index in [4.69, 9.17) is 33.2 Å². The van der Waals surface area contributed by atoms with Crippen molar-refractivity contribution in [3.63, 3.8) is 0 Å². The van der Waals surface area contributed by atoms with Crippen molar-refractivity contribution in [3.8, 4) is 0 Å². The lowest BCUT2D eigenvalue weighted by molar-refractivity contribution is -0.139. The molecule has 0 aromatic rings. The van der Waals surface area contributed by atoms with Crippen molar-refractivity contribution < 1.29 is 38.0 Å². The quantitative estimate of drug-likeness (QED) is 0.134. The van der Waals surface area contributed by atoms with Gasteiger partial charge in [0.2, 0.25) is 0 Å². The van der Waals surface area contributed by atoms with Gasteiger partial charge < -0.3 is 33.2 Å². The first-order valence-electron chi connectivity index (χ1n) is 10.6. The van der Waals surface area contributed by atoms with Gasteiger partial charge in [-0.15, -0.1) is 0 Å². The summed E-state index contributed by atoms with van der Waals surface area (Å²) in [7, 11) is 0. The number of esters is 1. The number of hydrogen-bond donors (Lipinski definition) is 0. The van der Waals surface area contributed by atoms with Gasteiger partial charge in [-0.2, -0.15) is 0 Å². The Labute approximate surface area is 175 Å². The van der Waals surface area contributed by atoms with Crippen molar-refractivity contribution in [1.29, 1.82) is 0 Å². The van der Waals surface area contributed by atoms with E-state index in [1.807, 2.05) is 0 Å². The maximum atomic E-state index is 10.8. The largest absolute Gasteiger partial charge is 0.460 e. The number of hydrogen-bond acceptors (Lipinski definition) is 8. The first kappa shape index (κ1) is 28.0. The molecule has 0 rings (SSSR count). The highest BCUT2D eigenvalue weighted by Gasteiger charge is 1.96. The minimum absolute atomic E-state index is 0.214. The van der Waals surface area contributed by atoms with Crippen molar-refractivity contribution in [3.05, 3.63) is 12.7 Å². The number of carbonyl (C=O) groups is 1. The highest BCUT2D eigenvalue weighted by Crippen LogP contribution is 1.98. The second-order valence-electron chi connectivity index (χ2n) is 6.11. The minimum atomic E-state index is -0.448. The van der Waals surface area contributed by atoms with Crippen LogP contribution in [0.4, 0.5) is 0 Å². The van der Waals surface area contributed by atoms with Gasteiger partial charge >= 0.3 is 5.97 Å². The summed E-state index contributed by atoms with van der Waals surface area (Å²) in [5.74, 6) is -0.448. The molecule has 172 valence electrons. The molecule has 0 aliphatic rings. The average Bonchev–Trinajstić information content (AvgIpc) is 2.74. The molecule has 0 heterocycles. The van der Waals surface area contributed by atoms with E-state index in [-0.39, 0.29) is 6.61 Å². The Kier molecular flexibility index (Phi) is 24.1. The summed E-state index contributed by atoms with van der Waals surface area (Å²) in [5, 5.41) is 0. The van der Waals surface area contributed by atoms with E-state index in [0.717, 1.165) is 19.1 Å². The fourth-order valence-corrected chi connectivity index (χ4v) is 2.09. The van der Waals surface area contributed by atoms with E-state index in [2.05, 4.69) is 13.5 Å². The molecule has 8 nitrogen and oxygen atoms in total. The SMILES string of the molecule is C=CC(=O)OCCOCCOCCOCCOCCOCCOCCCCCC. The van der Waals surface area contributed by atoms with Gasteiger partial charge in [-0.1, -0.05) is 32.8 Å². The van der Waals surface area contributed by atoms with Crippen molar-refractivity contribution in [2.24, 2.45) is 0 Å². The van der Waals surface area contributed by atoms with Gasteiger partial charge in [-0.3, -0.25) is 0 Å². The fourth-order valence-electron chi connectivity index (χ4n) is 2.09. The number of ether oxygens (including phenoxy) is 7. The molecule has 0 atom stereocenters. The second-order valence-corrected chi connectivity index (χ2v) is 6.11. The molecule has 8 heteroatoms. The van der Waals surface area contributed by atoms with E-state index >= 15 is 0 Å². The third-order valence-electron chi connectivity index (χ3n) is 3.64. The zero-order valence-corrected chi connectivity index (χ0v) is 18.1. The normalized spacial score (nSPS) is 10.9.